The van der Waals surface area contributed by atoms with Crippen molar-refractivity contribution >= 4 is 23.8 Å². The quantitative estimate of drug-likeness (QED) is 0.390. The monoisotopic (exact) mass is 478 g/mol. The molecular formula is C25H26N4O6. The Morgan fingerprint density at radius 3 is 2.29 bits per heavy atom. The van der Waals surface area contributed by atoms with E-state index in [2.05, 4.69) is 27.9 Å². The van der Waals surface area contributed by atoms with Crippen LogP contribution in [0.3, 0.4) is 0 Å². The Labute approximate surface area is 201 Å². The van der Waals surface area contributed by atoms with E-state index in [0.29, 0.717) is 0 Å². The Balaban J connectivity index is 1.37. The summed E-state index contributed by atoms with van der Waals surface area (Å²) in [6.07, 6.45) is -1.21. The van der Waals surface area contributed by atoms with Gasteiger partial charge in [-0.3, -0.25) is 19.6 Å². The fourth-order valence-electron chi connectivity index (χ4n) is 4.18. The molecule has 4 N–H and O–H groups in total. The highest BCUT2D eigenvalue weighted by Gasteiger charge is 2.29. The number of hydrogen-bond donors (Lipinski definition) is 4. The van der Waals surface area contributed by atoms with Gasteiger partial charge in [0.15, 0.2) is 5.69 Å². The minimum absolute atomic E-state index is 0.00688. The number of aromatic nitrogens is 2. The number of rotatable bonds is 8. The van der Waals surface area contributed by atoms with Crippen molar-refractivity contribution in [2.45, 2.75) is 24.9 Å². The number of carbonyl (C=O) groups excluding carboxylic acids is 2. The SMILES string of the molecule is Cn1nc(C(=O)NCC(C)(O)CC(=O)O)cc1NC(=O)OCC1c2ccccc2-c2ccccc21. The van der Waals surface area contributed by atoms with Crippen molar-refractivity contribution in [2.24, 2.45) is 7.05 Å². The standard InChI is InChI=1S/C25H26N4O6/c1-25(34,12-22(30)31)14-26-23(32)20-11-21(29(2)28-20)27-24(33)35-13-19-17-9-5-3-7-15(17)16-8-4-6-10-18(16)19/h3-11,19,34H,12-14H2,1-2H3,(H,26,32)(H,27,33)(H,30,31). The molecule has 10 heteroatoms. The van der Waals surface area contributed by atoms with Crippen LogP contribution in [-0.2, 0) is 16.6 Å². The van der Waals surface area contributed by atoms with Gasteiger partial charge < -0.3 is 20.3 Å². The summed E-state index contributed by atoms with van der Waals surface area (Å²) in [5.41, 5.74) is 2.83. The molecule has 1 aromatic heterocycles. The molecule has 2 amide bonds. The fraction of sp³-hybridized carbons (Fsp3) is 0.280. The third-order valence-corrected chi connectivity index (χ3v) is 5.85. The maximum absolute atomic E-state index is 12.5. The second kappa shape index (κ2) is 9.59. The van der Waals surface area contributed by atoms with Gasteiger partial charge in [-0.25, -0.2) is 4.79 Å². The van der Waals surface area contributed by atoms with Gasteiger partial charge in [-0.05, 0) is 29.2 Å². The van der Waals surface area contributed by atoms with E-state index in [0.717, 1.165) is 22.3 Å². The van der Waals surface area contributed by atoms with Gasteiger partial charge in [0.1, 0.15) is 12.4 Å². The van der Waals surface area contributed by atoms with Crippen LogP contribution < -0.4 is 10.6 Å². The summed E-state index contributed by atoms with van der Waals surface area (Å²) in [6, 6.07) is 17.4. The van der Waals surface area contributed by atoms with Crippen molar-refractivity contribution in [1.82, 2.24) is 15.1 Å². The lowest BCUT2D eigenvalue weighted by molar-refractivity contribution is -0.141. The van der Waals surface area contributed by atoms with E-state index in [-0.39, 0.29) is 30.6 Å². The summed E-state index contributed by atoms with van der Waals surface area (Å²) in [7, 11) is 1.55. The van der Waals surface area contributed by atoms with E-state index in [1.807, 2.05) is 36.4 Å². The number of ether oxygens (including phenoxy) is 1. The van der Waals surface area contributed by atoms with E-state index < -0.39 is 30.0 Å². The van der Waals surface area contributed by atoms with Crippen molar-refractivity contribution in [1.29, 1.82) is 0 Å². The van der Waals surface area contributed by atoms with Crippen molar-refractivity contribution < 1.29 is 29.3 Å². The zero-order valence-corrected chi connectivity index (χ0v) is 19.3. The first-order valence-electron chi connectivity index (χ1n) is 11.0. The predicted molar refractivity (Wildman–Crippen MR) is 127 cm³/mol. The first-order valence-corrected chi connectivity index (χ1v) is 11.0. The molecule has 0 aliphatic heterocycles. The molecular weight excluding hydrogens is 452 g/mol. The van der Waals surface area contributed by atoms with Crippen molar-refractivity contribution in [2.75, 3.05) is 18.5 Å². The average molecular weight is 479 g/mol. The Morgan fingerprint density at radius 1 is 1.09 bits per heavy atom. The summed E-state index contributed by atoms with van der Waals surface area (Å²) < 4.78 is 6.83. The van der Waals surface area contributed by atoms with Crippen LogP contribution in [0, 0.1) is 0 Å². The van der Waals surface area contributed by atoms with Crippen LogP contribution >= 0.6 is 0 Å². The number of aliphatic hydroxyl groups is 1. The fourth-order valence-corrected chi connectivity index (χ4v) is 4.18. The molecule has 1 atom stereocenters. The minimum Gasteiger partial charge on any atom is -0.481 e. The largest absolute Gasteiger partial charge is 0.481 e. The van der Waals surface area contributed by atoms with Crippen LogP contribution in [0.4, 0.5) is 10.6 Å². The van der Waals surface area contributed by atoms with Crippen molar-refractivity contribution in [3.8, 4) is 11.1 Å². The van der Waals surface area contributed by atoms with E-state index in [4.69, 9.17) is 9.84 Å². The number of aliphatic carboxylic acids is 1. The van der Waals surface area contributed by atoms with Crippen LogP contribution in [0.15, 0.2) is 54.6 Å². The van der Waals surface area contributed by atoms with Crippen LogP contribution in [0.2, 0.25) is 0 Å². The zero-order valence-electron chi connectivity index (χ0n) is 19.3. The molecule has 0 radical (unpaired) electrons. The molecule has 10 nitrogen and oxygen atoms in total. The van der Waals surface area contributed by atoms with E-state index in [9.17, 15) is 19.5 Å². The minimum atomic E-state index is -1.61. The predicted octanol–water partition coefficient (Wildman–Crippen LogP) is 2.74. The van der Waals surface area contributed by atoms with Crippen LogP contribution in [-0.4, -0.2) is 56.7 Å². The normalized spacial score (nSPS) is 13.9. The summed E-state index contributed by atoms with van der Waals surface area (Å²) in [6.45, 7) is 1.18. The second-order valence-electron chi connectivity index (χ2n) is 8.74. The lowest BCUT2D eigenvalue weighted by atomic mass is 9.98. The molecule has 0 fully saturated rings. The van der Waals surface area contributed by atoms with E-state index in [1.54, 1.807) is 7.05 Å². The number of carboxylic acids is 1. The highest BCUT2D eigenvalue weighted by Crippen LogP contribution is 2.44. The molecule has 4 rings (SSSR count). The number of benzene rings is 2. The molecule has 1 aliphatic carbocycles. The number of amides is 2. The number of hydrogen-bond acceptors (Lipinski definition) is 6. The van der Waals surface area contributed by atoms with E-state index >= 15 is 0 Å². The molecule has 0 bridgehead atoms. The van der Waals surface area contributed by atoms with Crippen molar-refractivity contribution in [3.05, 3.63) is 71.4 Å². The third-order valence-electron chi connectivity index (χ3n) is 5.85. The number of aryl methyl sites for hydroxylation is 1. The first-order chi connectivity index (χ1) is 16.6. The molecule has 1 heterocycles. The first kappa shape index (κ1) is 24.0. The van der Waals surface area contributed by atoms with Gasteiger partial charge in [-0.15, -0.1) is 0 Å². The Morgan fingerprint density at radius 2 is 1.69 bits per heavy atom. The molecule has 182 valence electrons. The Kier molecular flexibility index (Phi) is 6.57. The maximum Gasteiger partial charge on any atom is 0.412 e. The van der Waals surface area contributed by atoms with E-state index in [1.165, 1.54) is 17.7 Å². The highest BCUT2D eigenvalue weighted by atomic mass is 16.5. The molecule has 0 saturated heterocycles. The van der Waals surface area contributed by atoms with Gasteiger partial charge in [-0.1, -0.05) is 48.5 Å². The van der Waals surface area contributed by atoms with Gasteiger partial charge in [0.05, 0.1) is 12.0 Å². The number of carboxylic acid groups (broad SMARTS) is 1. The van der Waals surface area contributed by atoms with Gasteiger partial charge in [0, 0.05) is 25.6 Å². The Hall–Kier alpha value is -4.18. The average Bonchev–Trinajstić information content (AvgIpc) is 3.33. The van der Waals surface area contributed by atoms with Gasteiger partial charge >= 0.3 is 12.1 Å². The smallest absolute Gasteiger partial charge is 0.412 e. The molecule has 1 unspecified atom stereocenters. The van der Waals surface area contributed by atoms with Crippen LogP contribution in [0.25, 0.3) is 11.1 Å². The number of nitrogens with one attached hydrogen (secondary N) is 2. The number of anilines is 1. The zero-order chi connectivity index (χ0) is 25.2. The van der Waals surface area contributed by atoms with Gasteiger partial charge in [0.25, 0.3) is 5.91 Å². The highest BCUT2D eigenvalue weighted by molar-refractivity contribution is 5.94. The summed E-state index contributed by atoms with van der Waals surface area (Å²) in [5.74, 6) is -1.65. The van der Waals surface area contributed by atoms with Gasteiger partial charge in [0.2, 0.25) is 0 Å². The summed E-state index contributed by atoms with van der Waals surface area (Å²) >= 11 is 0. The maximum atomic E-state index is 12.5. The lowest BCUT2D eigenvalue weighted by Crippen LogP contribution is -2.42. The molecule has 0 saturated carbocycles. The van der Waals surface area contributed by atoms with Crippen molar-refractivity contribution in [3.63, 3.8) is 0 Å². The molecule has 1 aliphatic rings. The topological polar surface area (TPSA) is 143 Å². The molecule has 0 spiro atoms. The third kappa shape index (κ3) is 5.33. The number of carbonyl (C=O) groups is 3. The molecule has 2 aromatic carbocycles. The van der Waals surface area contributed by atoms with Gasteiger partial charge in [-0.2, -0.15) is 5.10 Å². The summed E-state index contributed by atoms with van der Waals surface area (Å²) in [4.78, 5) is 35.7. The Bertz CT molecular complexity index is 1240. The van der Waals surface area contributed by atoms with Crippen LogP contribution in [0.1, 0.15) is 40.9 Å². The number of nitrogens with zero attached hydrogens (tertiary/aromatic N) is 2. The van der Waals surface area contributed by atoms with Crippen LogP contribution in [0.5, 0.6) is 0 Å². The second-order valence-corrected chi connectivity index (χ2v) is 8.74. The molecule has 3 aromatic rings. The number of fused-ring (bicyclic) bond motifs is 3. The summed E-state index contributed by atoms with van der Waals surface area (Å²) in [5, 5.41) is 28.0. The lowest BCUT2D eigenvalue weighted by Gasteiger charge is -2.20. The molecule has 35 heavy (non-hydrogen) atoms.